The third-order valence-electron chi connectivity index (χ3n) is 3.96. The normalized spacial score (nSPS) is 21.0. The fourth-order valence-electron chi connectivity index (χ4n) is 2.86. The van der Waals surface area contributed by atoms with Crippen molar-refractivity contribution < 1.29 is 23.8 Å². The fourth-order valence-corrected chi connectivity index (χ4v) is 2.86. The molecule has 0 aliphatic carbocycles. The number of benzene rings is 1. The molecular formula is C17H22FNO4. The number of carboxylic acid groups (broad SMARTS) is 1. The molecule has 0 saturated carbocycles. The van der Waals surface area contributed by atoms with Gasteiger partial charge in [-0.15, -0.1) is 0 Å². The molecule has 2 unspecified atom stereocenters. The number of carboxylic acids is 1. The average Bonchev–Trinajstić information content (AvgIpc) is 2.50. The molecule has 5 nitrogen and oxygen atoms in total. The number of aliphatic carboxylic acids is 1. The Morgan fingerprint density at radius 2 is 2.17 bits per heavy atom. The number of hydrogen-bond acceptors (Lipinski definition) is 3. The Bertz CT molecular complexity index is 563. The van der Waals surface area contributed by atoms with Gasteiger partial charge >= 0.3 is 5.97 Å². The molecule has 2 rings (SSSR count). The van der Waals surface area contributed by atoms with Gasteiger partial charge in [0.25, 0.3) is 0 Å². The zero-order chi connectivity index (χ0) is 16.8. The van der Waals surface area contributed by atoms with E-state index in [1.165, 1.54) is 12.1 Å². The Balaban J connectivity index is 1.75. The summed E-state index contributed by atoms with van der Waals surface area (Å²) in [5.41, 5.74) is 0. The van der Waals surface area contributed by atoms with E-state index < -0.39 is 11.9 Å². The SMILES string of the molecule is CC1CC(C(=O)O)CN(C(=O)CCCOc2cccc(F)c2)C1. The van der Waals surface area contributed by atoms with Crippen LogP contribution < -0.4 is 4.74 Å². The maximum absolute atomic E-state index is 13.0. The summed E-state index contributed by atoms with van der Waals surface area (Å²) in [6, 6.07) is 5.87. The van der Waals surface area contributed by atoms with Gasteiger partial charge in [-0.25, -0.2) is 4.39 Å². The highest BCUT2D eigenvalue weighted by atomic mass is 19.1. The van der Waals surface area contributed by atoms with Crippen molar-refractivity contribution in [3.63, 3.8) is 0 Å². The molecule has 6 heteroatoms. The van der Waals surface area contributed by atoms with E-state index in [-0.39, 0.29) is 24.2 Å². The van der Waals surface area contributed by atoms with E-state index in [0.717, 1.165) is 0 Å². The van der Waals surface area contributed by atoms with Crippen molar-refractivity contribution in [1.82, 2.24) is 4.90 Å². The van der Waals surface area contributed by atoms with Gasteiger partial charge < -0.3 is 14.7 Å². The molecule has 1 saturated heterocycles. The number of amides is 1. The molecule has 1 aromatic carbocycles. The number of ether oxygens (including phenoxy) is 1. The van der Waals surface area contributed by atoms with Crippen LogP contribution in [0, 0.1) is 17.7 Å². The van der Waals surface area contributed by atoms with Crippen molar-refractivity contribution >= 4 is 11.9 Å². The van der Waals surface area contributed by atoms with Crippen LogP contribution in [0.5, 0.6) is 5.75 Å². The van der Waals surface area contributed by atoms with Crippen LogP contribution in [0.4, 0.5) is 4.39 Å². The van der Waals surface area contributed by atoms with Crippen LogP contribution in [0.3, 0.4) is 0 Å². The minimum atomic E-state index is -0.844. The molecule has 1 aliphatic rings. The first-order chi connectivity index (χ1) is 11.0. The van der Waals surface area contributed by atoms with Crippen LogP contribution in [0.1, 0.15) is 26.2 Å². The maximum Gasteiger partial charge on any atom is 0.308 e. The number of halogens is 1. The largest absolute Gasteiger partial charge is 0.493 e. The molecule has 23 heavy (non-hydrogen) atoms. The lowest BCUT2D eigenvalue weighted by Gasteiger charge is -2.34. The third kappa shape index (κ3) is 5.23. The lowest BCUT2D eigenvalue weighted by atomic mass is 9.90. The standard InChI is InChI=1S/C17H22FNO4/c1-12-8-13(17(21)22)11-19(10-12)16(20)6-3-7-23-15-5-2-4-14(18)9-15/h2,4-5,9,12-13H,3,6-8,10-11H2,1H3,(H,21,22). The number of piperidine rings is 1. The fraction of sp³-hybridized carbons (Fsp3) is 0.529. The van der Waals surface area contributed by atoms with Crippen LogP contribution >= 0.6 is 0 Å². The Morgan fingerprint density at radius 1 is 1.39 bits per heavy atom. The van der Waals surface area contributed by atoms with E-state index in [0.29, 0.717) is 38.2 Å². The van der Waals surface area contributed by atoms with E-state index >= 15 is 0 Å². The number of carbonyl (C=O) groups is 2. The van der Waals surface area contributed by atoms with Crippen LogP contribution in [-0.2, 0) is 9.59 Å². The van der Waals surface area contributed by atoms with Crippen molar-refractivity contribution in [2.75, 3.05) is 19.7 Å². The minimum Gasteiger partial charge on any atom is -0.493 e. The van der Waals surface area contributed by atoms with Gasteiger partial charge in [0, 0.05) is 25.6 Å². The highest BCUT2D eigenvalue weighted by Crippen LogP contribution is 2.22. The second-order valence-corrected chi connectivity index (χ2v) is 6.08. The Hall–Kier alpha value is -2.11. The summed E-state index contributed by atoms with van der Waals surface area (Å²) in [5, 5.41) is 9.13. The highest BCUT2D eigenvalue weighted by Gasteiger charge is 2.31. The van der Waals surface area contributed by atoms with Gasteiger partial charge in [-0.3, -0.25) is 9.59 Å². The quantitative estimate of drug-likeness (QED) is 0.817. The highest BCUT2D eigenvalue weighted by molar-refractivity contribution is 5.78. The molecule has 2 atom stereocenters. The van der Waals surface area contributed by atoms with Crippen LogP contribution in [0.25, 0.3) is 0 Å². The van der Waals surface area contributed by atoms with Crippen LogP contribution in [0.15, 0.2) is 24.3 Å². The lowest BCUT2D eigenvalue weighted by molar-refractivity contribution is -0.147. The van der Waals surface area contributed by atoms with Gasteiger partial charge in [0.2, 0.25) is 5.91 Å². The summed E-state index contributed by atoms with van der Waals surface area (Å²) in [6.07, 6.45) is 1.42. The van der Waals surface area contributed by atoms with Gasteiger partial charge in [0.05, 0.1) is 12.5 Å². The number of nitrogens with zero attached hydrogens (tertiary/aromatic N) is 1. The summed E-state index contributed by atoms with van der Waals surface area (Å²) in [7, 11) is 0. The van der Waals surface area contributed by atoms with Crippen molar-refractivity contribution in [2.24, 2.45) is 11.8 Å². The summed E-state index contributed by atoms with van der Waals surface area (Å²) in [4.78, 5) is 25.0. The second kappa shape index (κ2) is 7.94. The van der Waals surface area contributed by atoms with Crippen molar-refractivity contribution in [2.45, 2.75) is 26.2 Å². The van der Waals surface area contributed by atoms with Crippen molar-refractivity contribution in [3.05, 3.63) is 30.1 Å². The van der Waals surface area contributed by atoms with Gasteiger partial charge in [-0.2, -0.15) is 0 Å². The molecule has 0 bridgehead atoms. The first-order valence-corrected chi connectivity index (χ1v) is 7.84. The molecule has 1 amide bonds. The number of hydrogen-bond donors (Lipinski definition) is 1. The van der Waals surface area contributed by atoms with Crippen molar-refractivity contribution in [1.29, 1.82) is 0 Å². The Labute approximate surface area is 135 Å². The first-order valence-electron chi connectivity index (χ1n) is 7.84. The zero-order valence-corrected chi connectivity index (χ0v) is 13.2. The van der Waals surface area contributed by atoms with E-state index in [9.17, 15) is 14.0 Å². The van der Waals surface area contributed by atoms with Gasteiger partial charge in [0.1, 0.15) is 11.6 Å². The van der Waals surface area contributed by atoms with Gasteiger partial charge in [0.15, 0.2) is 0 Å². The molecule has 0 radical (unpaired) electrons. The predicted molar refractivity (Wildman–Crippen MR) is 82.6 cm³/mol. The van der Waals surface area contributed by atoms with E-state index in [1.807, 2.05) is 6.92 Å². The molecule has 0 aromatic heterocycles. The smallest absolute Gasteiger partial charge is 0.308 e. The lowest BCUT2D eigenvalue weighted by Crippen LogP contribution is -2.45. The monoisotopic (exact) mass is 323 g/mol. The molecule has 1 fully saturated rings. The first kappa shape index (κ1) is 17.2. The summed E-state index contributed by atoms with van der Waals surface area (Å²) < 4.78 is 18.4. The Morgan fingerprint density at radius 3 is 2.87 bits per heavy atom. The Kier molecular flexibility index (Phi) is 5.96. The zero-order valence-electron chi connectivity index (χ0n) is 13.2. The van der Waals surface area contributed by atoms with Crippen molar-refractivity contribution in [3.8, 4) is 5.75 Å². The van der Waals surface area contributed by atoms with E-state index in [4.69, 9.17) is 9.84 Å². The van der Waals surface area contributed by atoms with E-state index in [2.05, 4.69) is 0 Å². The summed E-state index contributed by atoms with van der Waals surface area (Å²) in [6.45, 7) is 3.17. The molecule has 0 spiro atoms. The van der Waals surface area contributed by atoms with E-state index in [1.54, 1.807) is 17.0 Å². The average molecular weight is 323 g/mol. The topological polar surface area (TPSA) is 66.8 Å². The molecule has 1 aromatic rings. The summed E-state index contributed by atoms with van der Waals surface area (Å²) in [5.74, 6) is -1.10. The number of likely N-dealkylation sites (tertiary alicyclic amines) is 1. The number of carbonyl (C=O) groups excluding carboxylic acids is 1. The predicted octanol–water partition coefficient (Wildman–Crippen LogP) is 2.55. The third-order valence-corrected chi connectivity index (χ3v) is 3.96. The van der Waals surface area contributed by atoms with Gasteiger partial charge in [-0.05, 0) is 30.9 Å². The van der Waals surface area contributed by atoms with Crippen LogP contribution in [-0.4, -0.2) is 41.6 Å². The molecular weight excluding hydrogens is 301 g/mol. The molecule has 126 valence electrons. The molecule has 1 N–H and O–H groups in total. The minimum absolute atomic E-state index is 0.0503. The van der Waals surface area contributed by atoms with Crippen LogP contribution in [0.2, 0.25) is 0 Å². The molecule has 1 aliphatic heterocycles. The number of rotatable bonds is 6. The summed E-state index contributed by atoms with van der Waals surface area (Å²) >= 11 is 0. The second-order valence-electron chi connectivity index (χ2n) is 6.08. The van der Waals surface area contributed by atoms with Gasteiger partial charge in [-0.1, -0.05) is 13.0 Å². The molecule has 1 heterocycles. The maximum atomic E-state index is 13.0.